The Morgan fingerprint density at radius 3 is 2.39 bits per heavy atom. The smallest absolute Gasteiger partial charge is 0.326 e. The molecule has 5 rings (SSSR count). The van der Waals surface area contributed by atoms with Crippen LogP contribution in [0.4, 0.5) is 4.79 Å². The number of halogens is 1. The van der Waals surface area contributed by atoms with E-state index in [1.807, 2.05) is 45.0 Å². The number of pyridine rings is 1. The summed E-state index contributed by atoms with van der Waals surface area (Å²) in [5, 5.41) is 3.32. The van der Waals surface area contributed by atoms with Crippen molar-refractivity contribution in [2.75, 3.05) is 19.6 Å². The molecule has 0 bridgehead atoms. The van der Waals surface area contributed by atoms with Crippen molar-refractivity contribution in [3.8, 4) is 5.75 Å². The van der Waals surface area contributed by atoms with E-state index in [4.69, 9.17) is 27.1 Å². The Bertz CT molecular complexity index is 1620. The van der Waals surface area contributed by atoms with Crippen molar-refractivity contribution >= 4 is 41.1 Å². The molecule has 44 heavy (non-hydrogen) atoms. The molecule has 12 heteroatoms. The number of ketones is 1. The first-order valence-electron chi connectivity index (χ1n) is 14.1. The van der Waals surface area contributed by atoms with Gasteiger partial charge in [0.05, 0.1) is 18.0 Å². The summed E-state index contributed by atoms with van der Waals surface area (Å²) in [4.78, 5) is 63.5. The van der Waals surface area contributed by atoms with Crippen LogP contribution in [0, 0.1) is 0 Å². The van der Waals surface area contributed by atoms with Gasteiger partial charge < -0.3 is 20.7 Å². The highest BCUT2D eigenvalue weighted by Crippen LogP contribution is 2.45. The van der Waals surface area contributed by atoms with Gasteiger partial charge in [0, 0.05) is 36.1 Å². The lowest BCUT2D eigenvalue weighted by molar-refractivity contribution is -0.123. The third-order valence-corrected chi connectivity index (χ3v) is 7.39. The number of nitrogens with one attached hydrogen (secondary N) is 1. The maximum absolute atomic E-state index is 14.4. The van der Waals surface area contributed by atoms with Gasteiger partial charge in [-0.25, -0.2) is 4.79 Å². The molecule has 1 fully saturated rings. The number of ether oxygens (including phenoxy) is 1. The molecule has 1 saturated heterocycles. The van der Waals surface area contributed by atoms with Crippen LogP contribution in [0.15, 0.2) is 72.0 Å². The molecule has 3 aromatic rings. The first-order valence-corrected chi connectivity index (χ1v) is 14.5. The van der Waals surface area contributed by atoms with Gasteiger partial charge in [-0.1, -0.05) is 29.8 Å². The Balaban J connectivity index is 1.71. The lowest BCUT2D eigenvalue weighted by Crippen LogP contribution is -2.55. The number of aromatic nitrogens is 1. The van der Waals surface area contributed by atoms with E-state index < -0.39 is 41.8 Å². The standard InChI is InChI=1S/C32H33ClN6O5/c1-32(2,3)44-25-16-21(24(40)17-26(34)41)6-9-23(25)30-37-28(19-4-7-22(33)8-5-19)29(20-10-12-35-13-11-20)39(30)31(43)38-15-14-36-27(42)18-38/h4-13,16,28-29H,14-15,17-18H2,1-3H3,(H2,34,41)(H,36,42). The zero-order valence-electron chi connectivity index (χ0n) is 24.6. The average molecular weight is 617 g/mol. The van der Waals surface area contributed by atoms with Gasteiger partial charge in [0.25, 0.3) is 0 Å². The van der Waals surface area contributed by atoms with Gasteiger partial charge in [0.2, 0.25) is 11.8 Å². The highest BCUT2D eigenvalue weighted by atomic mass is 35.5. The van der Waals surface area contributed by atoms with Crippen molar-refractivity contribution in [3.63, 3.8) is 0 Å². The van der Waals surface area contributed by atoms with E-state index in [9.17, 15) is 19.2 Å². The second kappa shape index (κ2) is 12.5. The number of aliphatic imine (C=N–C) groups is 1. The zero-order chi connectivity index (χ0) is 31.6. The summed E-state index contributed by atoms with van der Waals surface area (Å²) in [6, 6.07) is 14.1. The SMILES string of the molecule is CC(C)(C)Oc1cc(C(=O)CC(N)=O)ccc1C1=NC(c2ccc(Cl)cc2)C(c2ccncc2)N1C(=O)N1CCNC(=O)C1. The Hall–Kier alpha value is -4.77. The van der Waals surface area contributed by atoms with Crippen LogP contribution in [0.5, 0.6) is 5.75 Å². The van der Waals surface area contributed by atoms with Crippen molar-refractivity contribution in [1.29, 1.82) is 0 Å². The molecule has 3 heterocycles. The lowest BCUT2D eigenvalue weighted by Gasteiger charge is -2.36. The third-order valence-electron chi connectivity index (χ3n) is 7.14. The van der Waals surface area contributed by atoms with Crippen LogP contribution in [0.1, 0.15) is 66.3 Å². The minimum atomic E-state index is -0.745. The molecule has 0 radical (unpaired) electrons. The van der Waals surface area contributed by atoms with E-state index in [-0.39, 0.29) is 18.0 Å². The van der Waals surface area contributed by atoms with Gasteiger partial charge in [-0.3, -0.25) is 29.3 Å². The fourth-order valence-corrected chi connectivity index (χ4v) is 5.39. The summed E-state index contributed by atoms with van der Waals surface area (Å²) in [5.74, 6) is -0.865. The highest BCUT2D eigenvalue weighted by Gasteiger charge is 2.45. The van der Waals surface area contributed by atoms with Crippen LogP contribution in [-0.2, 0) is 9.59 Å². The number of nitrogens with two attached hydrogens (primary N) is 1. The first-order chi connectivity index (χ1) is 20.9. The number of hydrogen-bond acceptors (Lipinski definition) is 7. The van der Waals surface area contributed by atoms with Gasteiger partial charge in [-0.15, -0.1) is 0 Å². The van der Waals surface area contributed by atoms with Crippen molar-refractivity contribution in [2.45, 2.75) is 44.9 Å². The summed E-state index contributed by atoms with van der Waals surface area (Å²) in [5.41, 5.74) is 6.87. The Morgan fingerprint density at radius 1 is 1.05 bits per heavy atom. The molecule has 4 amide bonds. The van der Waals surface area contributed by atoms with E-state index in [0.717, 1.165) is 11.1 Å². The van der Waals surface area contributed by atoms with Crippen molar-refractivity contribution in [2.24, 2.45) is 10.7 Å². The molecule has 11 nitrogen and oxygen atoms in total. The number of carbonyl (C=O) groups excluding carboxylic acids is 4. The number of rotatable bonds is 7. The Kier molecular flexibility index (Phi) is 8.68. The number of amides is 4. The average Bonchev–Trinajstić information content (AvgIpc) is 3.36. The largest absolute Gasteiger partial charge is 0.487 e. The van der Waals surface area contributed by atoms with Crippen LogP contribution < -0.4 is 15.8 Å². The van der Waals surface area contributed by atoms with Gasteiger partial charge in [0.1, 0.15) is 29.8 Å². The van der Waals surface area contributed by atoms with E-state index >= 15 is 0 Å². The predicted octanol–water partition coefficient (Wildman–Crippen LogP) is 4.07. The van der Waals surface area contributed by atoms with Crippen LogP contribution >= 0.6 is 11.6 Å². The fraction of sp³-hybridized carbons (Fsp3) is 0.312. The number of carbonyl (C=O) groups is 4. The molecule has 1 aromatic heterocycles. The van der Waals surface area contributed by atoms with Crippen LogP contribution in [0.2, 0.25) is 5.02 Å². The summed E-state index contributed by atoms with van der Waals surface area (Å²) in [6.45, 7) is 6.10. The van der Waals surface area contributed by atoms with E-state index in [1.165, 1.54) is 4.90 Å². The Labute approximate surface area is 260 Å². The number of hydrogen-bond donors (Lipinski definition) is 2. The summed E-state index contributed by atoms with van der Waals surface area (Å²) < 4.78 is 6.34. The number of amidine groups is 1. The van der Waals surface area contributed by atoms with E-state index in [0.29, 0.717) is 35.3 Å². The van der Waals surface area contributed by atoms with Gasteiger partial charge >= 0.3 is 6.03 Å². The van der Waals surface area contributed by atoms with E-state index in [1.54, 1.807) is 47.6 Å². The summed E-state index contributed by atoms with van der Waals surface area (Å²) >= 11 is 6.22. The number of piperazine rings is 1. The number of primary amides is 1. The molecule has 3 N–H and O–H groups in total. The minimum Gasteiger partial charge on any atom is -0.487 e. The third kappa shape index (κ3) is 6.73. The predicted molar refractivity (Wildman–Crippen MR) is 164 cm³/mol. The number of urea groups is 1. The monoisotopic (exact) mass is 616 g/mol. The maximum atomic E-state index is 14.4. The molecule has 2 aliphatic rings. The molecule has 2 atom stereocenters. The molecule has 2 aliphatic heterocycles. The first kappa shape index (κ1) is 30.7. The topological polar surface area (TPSA) is 147 Å². The van der Waals surface area contributed by atoms with Crippen LogP contribution in [-0.4, -0.2) is 69.5 Å². The van der Waals surface area contributed by atoms with Crippen molar-refractivity contribution in [3.05, 3.63) is 94.3 Å². The van der Waals surface area contributed by atoms with Gasteiger partial charge in [0.15, 0.2) is 5.78 Å². The number of nitrogens with zero attached hydrogens (tertiary/aromatic N) is 4. The molecule has 0 aliphatic carbocycles. The normalized spacial score (nSPS) is 18.5. The molecular weight excluding hydrogens is 584 g/mol. The summed E-state index contributed by atoms with van der Waals surface area (Å²) in [6.07, 6.45) is 2.84. The molecular formula is C32H33ClN6O5. The fourth-order valence-electron chi connectivity index (χ4n) is 5.26. The maximum Gasteiger partial charge on any atom is 0.326 e. The van der Waals surface area contributed by atoms with Crippen molar-refractivity contribution < 1.29 is 23.9 Å². The quantitative estimate of drug-likeness (QED) is 0.302. The van der Waals surface area contributed by atoms with Crippen molar-refractivity contribution in [1.82, 2.24) is 20.1 Å². The minimum absolute atomic E-state index is 0.108. The lowest BCUT2D eigenvalue weighted by atomic mass is 9.94. The van der Waals surface area contributed by atoms with E-state index in [2.05, 4.69) is 10.3 Å². The second-order valence-corrected chi connectivity index (χ2v) is 12.0. The molecule has 0 spiro atoms. The Morgan fingerprint density at radius 2 is 1.75 bits per heavy atom. The molecule has 0 saturated carbocycles. The summed E-state index contributed by atoms with van der Waals surface area (Å²) in [7, 11) is 0. The van der Waals surface area contributed by atoms with Gasteiger partial charge in [-0.2, -0.15) is 0 Å². The highest BCUT2D eigenvalue weighted by molar-refractivity contribution is 6.30. The zero-order valence-corrected chi connectivity index (χ0v) is 25.4. The number of benzene rings is 2. The van der Waals surface area contributed by atoms with Gasteiger partial charge in [-0.05, 0) is 68.3 Å². The molecule has 228 valence electrons. The molecule has 2 unspecified atom stereocenters. The second-order valence-electron chi connectivity index (χ2n) is 11.6. The van der Waals surface area contributed by atoms with Crippen LogP contribution in [0.25, 0.3) is 0 Å². The van der Waals surface area contributed by atoms with Crippen LogP contribution in [0.3, 0.4) is 0 Å². The molecule has 2 aromatic carbocycles. The number of Topliss-reactive ketones (excluding diaryl/α,β-unsaturated/α-hetero) is 1.